The Balaban J connectivity index is 0.00000242. The van der Waals surface area contributed by atoms with E-state index in [1.807, 2.05) is 13.2 Å². The first-order valence-corrected chi connectivity index (χ1v) is 8.91. The van der Waals surface area contributed by atoms with Gasteiger partial charge in [-0.05, 0) is 31.1 Å². The lowest BCUT2D eigenvalue weighted by Gasteiger charge is -2.28. The van der Waals surface area contributed by atoms with E-state index in [2.05, 4.69) is 34.5 Å². The van der Waals surface area contributed by atoms with E-state index in [-0.39, 0.29) is 24.0 Å². The van der Waals surface area contributed by atoms with Crippen LogP contribution in [0.4, 0.5) is 0 Å². The largest absolute Gasteiger partial charge is 0.356 e. The zero-order valence-electron chi connectivity index (χ0n) is 13.9. The van der Waals surface area contributed by atoms with Gasteiger partial charge in [-0.1, -0.05) is 26.7 Å². The Bertz CT molecular complexity index is 466. The van der Waals surface area contributed by atoms with E-state index >= 15 is 0 Å². The molecule has 0 amide bonds. The lowest BCUT2D eigenvalue weighted by Crippen LogP contribution is -2.42. The van der Waals surface area contributed by atoms with Crippen molar-refractivity contribution in [3.8, 4) is 0 Å². The van der Waals surface area contributed by atoms with Crippen LogP contribution < -0.4 is 10.6 Å². The van der Waals surface area contributed by atoms with Crippen LogP contribution in [0.25, 0.3) is 0 Å². The van der Waals surface area contributed by atoms with Crippen molar-refractivity contribution in [2.45, 2.75) is 58.9 Å². The highest BCUT2D eigenvalue weighted by molar-refractivity contribution is 14.0. The summed E-state index contributed by atoms with van der Waals surface area (Å²) in [5.41, 5.74) is 0.480. The van der Waals surface area contributed by atoms with Gasteiger partial charge in [0.1, 0.15) is 5.01 Å². The van der Waals surface area contributed by atoms with Gasteiger partial charge in [0, 0.05) is 24.7 Å². The van der Waals surface area contributed by atoms with Crippen LogP contribution >= 0.6 is 35.3 Å². The molecular weight excluding hydrogens is 407 g/mol. The first-order valence-electron chi connectivity index (χ1n) is 8.09. The lowest BCUT2D eigenvalue weighted by atomic mass is 9.83. The number of nitrogens with one attached hydrogen (secondary N) is 2. The van der Waals surface area contributed by atoms with E-state index in [0.29, 0.717) is 5.41 Å². The molecule has 4 nitrogen and oxygen atoms in total. The third kappa shape index (κ3) is 5.37. The Hall–Kier alpha value is -0.370. The van der Waals surface area contributed by atoms with Crippen molar-refractivity contribution in [2.75, 3.05) is 13.6 Å². The van der Waals surface area contributed by atoms with E-state index in [1.165, 1.54) is 37.0 Å². The van der Waals surface area contributed by atoms with Gasteiger partial charge in [0.2, 0.25) is 0 Å². The van der Waals surface area contributed by atoms with Crippen LogP contribution in [0.15, 0.2) is 11.2 Å². The molecule has 1 aliphatic rings. The number of aromatic nitrogens is 1. The molecular formula is C16H29IN4S. The molecule has 1 saturated carbocycles. The molecule has 0 aliphatic heterocycles. The molecule has 0 spiro atoms. The predicted molar refractivity (Wildman–Crippen MR) is 106 cm³/mol. The van der Waals surface area contributed by atoms with Crippen LogP contribution in [0.2, 0.25) is 0 Å². The number of aliphatic imine (C=N–C) groups is 1. The molecule has 22 heavy (non-hydrogen) atoms. The minimum atomic E-state index is 0. The average Bonchev–Trinajstić information content (AvgIpc) is 3.17. The van der Waals surface area contributed by atoms with Gasteiger partial charge < -0.3 is 10.6 Å². The summed E-state index contributed by atoms with van der Waals surface area (Å²) in [6.45, 7) is 6.26. The minimum Gasteiger partial charge on any atom is -0.356 e. The van der Waals surface area contributed by atoms with Crippen LogP contribution in [0, 0.1) is 5.41 Å². The van der Waals surface area contributed by atoms with E-state index in [0.717, 1.165) is 30.5 Å². The van der Waals surface area contributed by atoms with Gasteiger partial charge >= 0.3 is 0 Å². The van der Waals surface area contributed by atoms with Gasteiger partial charge in [-0.25, -0.2) is 4.98 Å². The van der Waals surface area contributed by atoms with Gasteiger partial charge in [0.25, 0.3) is 0 Å². The average molecular weight is 436 g/mol. The molecule has 1 aromatic rings. The SMILES string of the molecule is CCc1cnc(CNC(=NC)NCC2(CC)CCCC2)s1.I. The first kappa shape index (κ1) is 19.7. The Kier molecular flexibility index (Phi) is 8.67. The third-order valence-electron chi connectivity index (χ3n) is 4.63. The summed E-state index contributed by atoms with van der Waals surface area (Å²) in [7, 11) is 1.84. The number of guanidine groups is 1. The number of hydrogen-bond donors (Lipinski definition) is 2. The maximum atomic E-state index is 4.43. The second kappa shape index (κ2) is 9.70. The number of rotatable bonds is 6. The standard InChI is InChI=1S/C16H28N4S.HI/c1-4-13-10-18-14(21-13)11-19-15(17-3)20-12-16(5-2)8-6-7-9-16;/h10H,4-9,11-12H2,1-3H3,(H2,17,19,20);1H. The number of hydrogen-bond acceptors (Lipinski definition) is 3. The van der Waals surface area contributed by atoms with Crippen molar-refractivity contribution >= 4 is 41.3 Å². The van der Waals surface area contributed by atoms with E-state index in [9.17, 15) is 0 Å². The molecule has 0 bridgehead atoms. The van der Waals surface area contributed by atoms with Crippen molar-refractivity contribution in [1.29, 1.82) is 0 Å². The molecule has 1 aliphatic carbocycles. The zero-order valence-corrected chi connectivity index (χ0v) is 17.1. The summed E-state index contributed by atoms with van der Waals surface area (Å²) in [5.74, 6) is 0.892. The molecule has 0 atom stereocenters. The summed E-state index contributed by atoms with van der Waals surface area (Å²) >= 11 is 1.78. The molecule has 0 radical (unpaired) electrons. The molecule has 0 unspecified atom stereocenters. The molecule has 1 aromatic heterocycles. The number of aryl methyl sites for hydroxylation is 1. The Morgan fingerprint density at radius 2 is 2.05 bits per heavy atom. The summed E-state index contributed by atoms with van der Waals surface area (Å²) in [5, 5.41) is 8.01. The van der Waals surface area contributed by atoms with Crippen molar-refractivity contribution < 1.29 is 0 Å². The second-order valence-corrected chi connectivity index (χ2v) is 7.11. The molecule has 2 N–H and O–H groups in total. The van der Waals surface area contributed by atoms with Crippen molar-refractivity contribution in [2.24, 2.45) is 10.4 Å². The van der Waals surface area contributed by atoms with E-state index in [4.69, 9.17) is 0 Å². The fourth-order valence-electron chi connectivity index (χ4n) is 3.02. The molecule has 126 valence electrons. The topological polar surface area (TPSA) is 49.3 Å². The van der Waals surface area contributed by atoms with Crippen molar-refractivity contribution in [3.05, 3.63) is 16.1 Å². The fraction of sp³-hybridized carbons (Fsp3) is 0.750. The van der Waals surface area contributed by atoms with Gasteiger partial charge in [-0.15, -0.1) is 35.3 Å². The molecule has 2 rings (SSSR count). The van der Waals surface area contributed by atoms with Gasteiger partial charge in [-0.2, -0.15) is 0 Å². The van der Waals surface area contributed by atoms with E-state index < -0.39 is 0 Å². The molecule has 0 aromatic carbocycles. The van der Waals surface area contributed by atoms with Crippen molar-refractivity contribution in [1.82, 2.24) is 15.6 Å². The molecule has 1 heterocycles. The summed E-state index contributed by atoms with van der Waals surface area (Å²) in [4.78, 5) is 10.1. The maximum absolute atomic E-state index is 4.43. The highest BCUT2D eigenvalue weighted by Crippen LogP contribution is 2.40. The highest BCUT2D eigenvalue weighted by Gasteiger charge is 2.31. The Morgan fingerprint density at radius 1 is 1.32 bits per heavy atom. The summed E-state index contributed by atoms with van der Waals surface area (Å²) in [6, 6.07) is 0. The maximum Gasteiger partial charge on any atom is 0.191 e. The third-order valence-corrected chi connectivity index (χ3v) is 5.77. The monoisotopic (exact) mass is 436 g/mol. The number of thiazole rings is 1. The molecule has 1 fully saturated rings. The van der Waals surface area contributed by atoms with Crippen LogP contribution in [-0.4, -0.2) is 24.5 Å². The first-order chi connectivity index (χ1) is 10.2. The quantitative estimate of drug-likeness (QED) is 0.403. The highest BCUT2D eigenvalue weighted by atomic mass is 127. The lowest BCUT2D eigenvalue weighted by molar-refractivity contribution is 0.283. The minimum absolute atomic E-state index is 0. The molecule has 6 heteroatoms. The number of nitrogens with zero attached hydrogens (tertiary/aromatic N) is 2. The van der Waals surface area contributed by atoms with Crippen LogP contribution in [0.3, 0.4) is 0 Å². The second-order valence-electron chi connectivity index (χ2n) is 5.91. The van der Waals surface area contributed by atoms with Gasteiger partial charge in [0.05, 0.1) is 6.54 Å². The predicted octanol–water partition coefficient (Wildman–Crippen LogP) is 3.96. The van der Waals surface area contributed by atoms with Crippen LogP contribution in [0.1, 0.15) is 55.8 Å². The normalized spacial score (nSPS) is 17.1. The van der Waals surface area contributed by atoms with Crippen molar-refractivity contribution in [3.63, 3.8) is 0 Å². The molecule has 0 saturated heterocycles. The zero-order chi connectivity index (χ0) is 15.1. The number of halogens is 1. The van der Waals surface area contributed by atoms with E-state index in [1.54, 1.807) is 11.3 Å². The Labute approximate surface area is 155 Å². The smallest absolute Gasteiger partial charge is 0.191 e. The summed E-state index contributed by atoms with van der Waals surface area (Å²) < 4.78 is 0. The Morgan fingerprint density at radius 3 is 2.59 bits per heavy atom. The van der Waals surface area contributed by atoms with Crippen LogP contribution in [0.5, 0.6) is 0 Å². The van der Waals surface area contributed by atoms with Gasteiger partial charge in [-0.3, -0.25) is 4.99 Å². The van der Waals surface area contributed by atoms with Gasteiger partial charge in [0.15, 0.2) is 5.96 Å². The van der Waals surface area contributed by atoms with Crippen LogP contribution in [-0.2, 0) is 13.0 Å². The summed E-state index contributed by atoms with van der Waals surface area (Å²) in [6.07, 6.45) is 9.73. The fourth-order valence-corrected chi connectivity index (χ4v) is 3.83.